The van der Waals surface area contributed by atoms with E-state index in [2.05, 4.69) is 10.6 Å². The fourth-order valence-electron chi connectivity index (χ4n) is 3.01. The topological polar surface area (TPSA) is 61.4 Å². The van der Waals surface area contributed by atoms with E-state index < -0.39 is 0 Å². The van der Waals surface area contributed by atoms with Crippen LogP contribution in [0.5, 0.6) is 0 Å². The lowest BCUT2D eigenvalue weighted by Crippen LogP contribution is -2.40. The number of hydrogen-bond donors (Lipinski definition) is 3. The quantitative estimate of drug-likeness (QED) is 0.790. The Bertz CT molecular complexity index is 688. The van der Waals surface area contributed by atoms with Crippen molar-refractivity contribution < 1.29 is 9.90 Å². The van der Waals surface area contributed by atoms with E-state index in [4.69, 9.17) is 11.6 Å². The number of fused-ring (bicyclic) bond motifs is 1. The Morgan fingerprint density at radius 3 is 2.65 bits per heavy atom. The summed E-state index contributed by atoms with van der Waals surface area (Å²) in [4.78, 5) is 12.6. The second-order valence-electron chi connectivity index (χ2n) is 5.67. The van der Waals surface area contributed by atoms with Gasteiger partial charge < -0.3 is 15.7 Å². The number of aliphatic hydroxyl groups excluding tert-OH is 1. The molecular formula is C18H19ClN2O2. The van der Waals surface area contributed by atoms with E-state index in [1.54, 1.807) is 12.1 Å². The van der Waals surface area contributed by atoms with Crippen molar-refractivity contribution in [3.05, 3.63) is 64.7 Å². The number of carbonyl (C=O) groups excluding carboxylic acids is 1. The molecule has 0 aromatic heterocycles. The number of aliphatic hydroxyl groups is 1. The predicted molar refractivity (Wildman–Crippen MR) is 91.6 cm³/mol. The summed E-state index contributed by atoms with van der Waals surface area (Å²) in [6.45, 7) is 0.512. The molecule has 0 aliphatic carbocycles. The summed E-state index contributed by atoms with van der Waals surface area (Å²) in [5, 5.41) is 16.2. The highest BCUT2D eigenvalue weighted by Crippen LogP contribution is 2.37. The van der Waals surface area contributed by atoms with Gasteiger partial charge in [0.1, 0.15) is 6.04 Å². The number of benzene rings is 2. The van der Waals surface area contributed by atoms with Gasteiger partial charge >= 0.3 is 0 Å². The zero-order valence-electron chi connectivity index (χ0n) is 12.6. The molecule has 1 aliphatic heterocycles. The van der Waals surface area contributed by atoms with Crippen LogP contribution in [-0.2, 0) is 11.3 Å². The first-order valence-electron chi connectivity index (χ1n) is 7.67. The van der Waals surface area contributed by atoms with E-state index >= 15 is 0 Å². The van der Waals surface area contributed by atoms with Crippen LogP contribution in [-0.4, -0.2) is 23.7 Å². The average Bonchev–Trinajstić information content (AvgIpc) is 2.93. The van der Waals surface area contributed by atoms with Crippen molar-refractivity contribution in [2.45, 2.75) is 24.9 Å². The van der Waals surface area contributed by atoms with Crippen LogP contribution >= 0.6 is 11.6 Å². The number of rotatable bonds is 5. The summed E-state index contributed by atoms with van der Waals surface area (Å²) in [7, 11) is 0. The summed E-state index contributed by atoms with van der Waals surface area (Å²) in [5.41, 5.74) is 3.06. The number of amides is 1. The van der Waals surface area contributed by atoms with Crippen LogP contribution in [0.4, 0.5) is 5.69 Å². The van der Waals surface area contributed by atoms with Crippen LogP contribution in [0, 0.1) is 0 Å². The number of carbonyl (C=O) groups is 1. The average molecular weight is 331 g/mol. The molecular weight excluding hydrogens is 312 g/mol. The number of nitrogens with one attached hydrogen (secondary N) is 2. The zero-order valence-corrected chi connectivity index (χ0v) is 13.4. The van der Waals surface area contributed by atoms with Gasteiger partial charge in [0.05, 0.1) is 0 Å². The minimum atomic E-state index is -0.355. The fraction of sp³-hybridized carbons (Fsp3) is 0.278. The number of para-hydroxylation sites is 1. The molecule has 3 N–H and O–H groups in total. The van der Waals surface area contributed by atoms with E-state index in [1.807, 2.05) is 36.4 Å². The molecule has 0 saturated carbocycles. The lowest BCUT2D eigenvalue weighted by Gasteiger charge is -2.19. The van der Waals surface area contributed by atoms with Gasteiger partial charge in [-0.05, 0) is 35.7 Å². The van der Waals surface area contributed by atoms with Crippen molar-refractivity contribution in [3.8, 4) is 0 Å². The van der Waals surface area contributed by atoms with Crippen molar-refractivity contribution in [2.24, 2.45) is 0 Å². The molecule has 2 aromatic rings. The Balaban J connectivity index is 1.68. The molecule has 1 aliphatic rings. The smallest absolute Gasteiger partial charge is 0.243 e. The van der Waals surface area contributed by atoms with E-state index in [0.29, 0.717) is 18.0 Å². The molecule has 1 heterocycles. The van der Waals surface area contributed by atoms with Gasteiger partial charge in [0.25, 0.3) is 0 Å². The van der Waals surface area contributed by atoms with E-state index in [9.17, 15) is 9.90 Å². The third-order valence-electron chi connectivity index (χ3n) is 4.18. The molecule has 0 unspecified atom stereocenters. The Kier molecular flexibility index (Phi) is 4.84. The van der Waals surface area contributed by atoms with Gasteiger partial charge in [-0.2, -0.15) is 0 Å². The van der Waals surface area contributed by atoms with Crippen molar-refractivity contribution in [1.29, 1.82) is 0 Å². The zero-order chi connectivity index (χ0) is 16.2. The number of anilines is 1. The lowest BCUT2D eigenvalue weighted by atomic mass is 9.91. The van der Waals surface area contributed by atoms with Crippen LogP contribution < -0.4 is 10.6 Å². The molecule has 0 fully saturated rings. The first-order chi connectivity index (χ1) is 11.2. The summed E-state index contributed by atoms with van der Waals surface area (Å²) >= 11 is 5.86. The molecule has 120 valence electrons. The third-order valence-corrected chi connectivity index (χ3v) is 4.43. The minimum Gasteiger partial charge on any atom is -0.396 e. The largest absolute Gasteiger partial charge is 0.396 e. The Morgan fingerprint density at radius 1 is 1.17 bits per heavy atom. The molecule has 2 aromatic carbocycles. The number of halogens is 1. The van der Waals surface area contributed by atoms with Gasteiger partial charge in [0, 0.05) is 29.8 Å². The van der Waals surface area contributed by atoms with Crippen molar-refractivity contribution in [2.75, 3.05) is 11.9 Å². The van der Waals surface area contributed by atoms with Gasteiger partial charge in [-0.3, -0.25) is 4.79 Å². The van der Waals surface area contributed by atoms with Crippen LogP contribution in [0.3, 0.4) is 0 Å². The predicted octanol–water partition coefficient (Wildman–Crippen LogP) is 2.92. The summed E-state index contributed by atoms with van der Waals surface area (Å²) in [6.07, 6.45) is 0.559. The highest BCUT2D eigenvalue weighted by molar-refractivity contribution is 6.30. The molecule has 4 nitrogen and oxygen atoms in total. The standard InChI is InChI=1S/C18H19ClN2O2/c19-13-7-5-12(6-8-13)11-20-18(23)17-15(9-10-22)14-3-1-2-4-16(14)21-17/h1-8,15,17,21-22H,9-11H2,(H,20,23)/t15-,17-/m1/s1. The minimum absolute atomic E-state index is 0.0126. The van der Waals surface area contributed by atoms with Crippen molar-refractivity contribution >= 4 is 23.2 Å². The van der Waals surface area contributed by atoms with Gasteiger partial charge in [0.15, 0.2) is 0 Å². The molecule has 23 heavy (non-hydrogen) atoms. The molecule has 1 amide bonds. The molecule has 0 spiro atoms. The van der Waals surface area contributed by atoms with Gasteiger partial charge in [-0.15, -0.1) is 0 Å². The second kappa shape index (κ2) is 7.02. The molecule has 0 saturated heterocycles. The van der Waals surface area contributed by atoms with E-state index in [1.165, 1.54) is 0 Å². The highest BCUT2D eigenvalue weighted by atomic mass is 35.5. The monoisotopic (exact) mass is 330 g/mol. The Hall–Kier alpha value is -2.04. The summed E-state index contributed by atoms with van der Waals surface area (Å²) in [6, 6.07) is 14.9. The first-order valence-corrected chi connectivity index (χ1v) is 8.05. The van der Waals surface area contributed by atoms with Crippen LogP contribution in [0.25, 0.3) is 0 Å². The lowest BCUT2D eigenvalue weighted by molar-refractivity contribution is -0.122. The van der Waals surface area contributed by atoms with Gasteiger partial charge in [-0.1, -0.05) is 41.9 Å². The molecule has 3 rings (SSSR count). The van der Waals surface area contributed by atoms with E-state index in [0.717, 1.165) is 16.8 Å². The SMILES string of the molecule is O=C(NCc1ccc(Cl)cc1)[C@@H]1Nc2ccccc2[C@H]1CCO. The maximum atomic E-state index is 12.6. The fourth-order valence-corrected chi connectivity index (χ4v) is 3.14. The van der Waals surface area contributed by atoms with Gasteiger partial charge in [0.2, 0.25) is 5.91 Å². The highest BCUT2D eigenvalue weighted by Gasteiger charge is 2.36. The molecule has 0 bridgehead atoms. The Morgan fingerprint density at radius 2 is 1.91 bits per heavy atom. The van der Waals surface area contributed by atoms with Crippen LogP contribution in [0.2, 0.25) is 5.02 Å². The normalized spacial score (nSPS) is 19.0. The van der Waals surface area contributed by atoms with Crippen LogP contribution in [0.15, 0.2) is 48.5 Å². The maximum absolute atomic E-state index is 12.6. The maximum Gasteiger partial charge on any atom is 0.243 e. The molecule has 5 heteroatoms. The van der Waals surface area contributed by atoms with Crippen molar-refractivity contribution in [3.63, 3.8) is 0 Å². The molecule has 0 radical (unpaired) electrons. The van der Waals surface area contributed by atoms with Gasteiger partial charge in [-0.25, -0.2) is 0 Å². The Labute approximate surface area is 140 Å². The van der Waals surface area contributed by atoms with Crippen LogP contribution in [0.1, 0.15) is 23.5 Å². The number of hydrogen-bond acceptors (Lipinski definition) is 3. The van der Waals surface area contributed by atoms with Crippen molar-refractivity contribution in [1.82, 2.24) is 5.32 Å². The summed E-state index contributed by atoms with van der Waals surface area (Å²) < 4.78 is 0. The summed E-state index contributed by atoms with van der Waals surface area (Å²) in [5.74, 6) is -0.0731. The first kappa shape index (κ1) is 15.8. The molecule has 2 atom stereocenters. The third kappa shape index (κ3) is 3.49. The van der Waals surface area contributed by atoms with E-state index in [-0.39, 0.29) is 24.5 Å². The second-order valence-corrected chi connectivity index (χ2v) is 6.11.